The quantitative estimate of drug-likeness (QED) is 0.714. The van der Waals surface area contributed by atoms with E-state index >= 15 is 0 Å². The number of aromatic hydroxyl groups is 2. The molecule has 0 aliphatic rings. The van der Waals surface area contributed by atoms with Crippen molar-refractivity contribution in [2.45, 2.75) is 0 Å². The predicted molar refractivity (Wildman–Crippen MR) is 66.3 cm³/mol. The molecule has 0 saturated heterocycles. The van der Waals surface area contributed by atoms with Crippen LogP contribution < -0.4 is 0 Å². The van der Waals surface area contributed by atoms with E-state index in [1.807, 2.05) is 36.4 Å². The predicted octanol–water partition coefficient (Wildman–Crippen LogP) is 3.43. The molecule has 0 aromatic heterocycles. The van der Waals surface area contributed by atoms with Crippen LogP contribution in [0.2, 0.25) is 0 Å². The summed E-state index contributed by atoms with van der Waals surface area (Å²) in [6, 6.07) is 15.7. The largest absolute Gasteiger partial charge is 0.508 e. The lowest BCUT2D eigenvalue weighted by atomic mass is 10.2. The highest BCUT2D eigenvalue weighted by molar-refractivity contribution is 5.45. The van der Waals surface area contributed by atoms with Gasteiger partial charge < -0.3 is 10.2 Å². The molecule has 16 heavy (non-hydrogen) atoms. The van der Waals surface area contributed by atoms with Crippen molar-refractivity contribution < 1.29 is 10.2 Å². The van der Waals surface area contributed by atoms with E-state index in [0.717, 1.165) is 0 Å². The van der Waals surface area contributed by atoms with Crippen molar-refractivity contribution in [1.82, 2.24) is 0 Å². The summed E-state index contributed by atoms with van der Waals surface area (Å²) in [5.74, 6) is 0.339. The molecule has 2 aromatic carbocycles. The van der Waals surface area contributed by atoms with Gasteiger partial charge in [-0.2, -0.15) is 0 Å². The molecule has 2 heteroatoms. The SMILES string of the molecule is C=Cc1ccccc1.Oc1ccc(O)cc1. The van der Waals surface area contributed by atoms with Gasteiger partial charge in [0.15, 0.2) is 0 Å². The zero-order valence-electron chi connectivity index (χ0n) is 8.88. The second-order valence-electron chi connectivity index (χ2n) is 3.13. The second-order valence-corrected chi connectivity index (χ2v) is 3.13. The van der Waals surface area contributed by atoms with Crippen LogP contribution in [0.5, 0.6) is 11.5 Å². The average Bonchev–Trinajstić information content (AvgIpc) is 2.35. The van der Waals surface area contributed by atoms with Gasteiger partial charge in [-0.15, -0.1) is 0 Å². The van der Waals surface area contributed by atoms with Gasteiger partial charge in [-0.3, -0.25) is 0 Å². The molecule has 0 atom stereocenters. The lowest BCUT2D eigenvalue weighted by molar-refractivity contribution is 0.460. The van der Waals surface area contributed by atoms with E-state index in [9.17, 15) is 0 Å². The Morgan fingerprint density at radius 2 is 1.19 bits per heavy atom. The smallest absolute Gasteiger partial charge is 0.115 e. The molecular formula is C14H14O2. The fourth-order valence-electron chi connectivity index (χ4n) is 1.04. The van der Waals surface area contributed by atoms with E-state index in [4.69, 9.17) is 10.2 Å². The highest BCUT2D eigenvalue weighted by Gasteiger charge is 1.84. The molecule has 0 amide bonds. The minimum Gasteiger partial charge on any atom is -0.508 e. The van der Waals surface area contributed by atoms with Crippen LogP contribution in [-0.4, -0.2) is 10.2 Å². The summed E-state index contributed by atoms with van der Waals surface area (Å²) < 4.78 is 0. The maximum absolute atomic E-state index is 8.65. The molecule has 82 valence electrons. The summed E-state index contributed by atoms with van der Waals surface area (Å²) >= 11 is 0. The molecule has 0 heterocycles. The number of hydrogen-bond donors (Lipinski definition) is 2. The van der Waals surface area contributed by atoms with E-state index in [2.05, 4.69) is 6.58 Å². The number of hydrogen-bond acceptors (Lipinski definition) is 2. The van der Waals surface area contributed by atoms with E-state index in [1.54, 1.807) is 0 Å². The van der Waals surface area contributed by atoms with Gasteiger partial charge in [0.25, 0.3) is 0 Å². The zero-order valence-corrected chi connectivity index (χ0v) is 8.88. The van der Waals surface area contributed by atoms with Crippen LogP contribution in [0.1, 0.15) is 5.56 Å². The third kappa shape index (κ3) is 4.33. The molecule has 0 aliphatic heterocycles. The van der Waals surface area contributed by atoms with Crippen LogP contribution in [0.4, 0.5) is 0 Å². The third-order valence-corrected chi connectivity index (χ3v) is 1.88. The highest BCUT2D eigenvalue weighted by atomic mass is 16.3. The van der Waals surface area contributed by atoms with Crippen molar-refractivity contribution in [3.63, 3.8) is 0 Å². The van der Waals surface area contributed by atoms with Gasteiger partial charge in [-0.05, 0) is 29.8 Å². The first kappa shape index (κ1) is 11.9. The lowest BCUT2D eigenvalue weighted by Crippen LogP contribution is -1.63. The molecule has 2 rings (SSSR count). The normalized spacial score (nSPS) is 8.75. The standard InChI is InChI=1S/C8H8.C6H6O2/c1-2-8-6-4-3-5-7-8;7-5-1-2-6(8)4-3-5/h2-7H,1H2;1-4,7-8H. The molecule has 2 aromatic rings. The molecule has 0 unspecified atom stereocenters. The molecule has 0 saturated carbocycles. The van der Waals surface area contributed by atoms with Gasteiger partial charge in [0.1, 0.15) is 11.5 Å². The van der Waals surface area contributed by atoms with Gasteiger partial charge in [0.05, 0.1) is 0 Å². The maximum Gasteiger partial charge on any atom is 0.115 e. The Hall–Kier alpha value is -2.22. The van der Waals surface area contributed by atoms with Crippen molar-refractivity contribution in [2.75, 3.05) is 0 Å². The van der Waals surface area contributed by atoms with Crippen LogP contribution in [0.25, 0.3) is 6.08 Å². The Bertz CT molecular complexity index is 397. The van der Waals surface area contributed by atoms with Crippen molar-refractivity contribution in [2.24, 2.45) is 0 Å². The number of rotatable bonds is 1. The summed E-state index contributed by atoms with van der Waals surface area (Å²) in [4.78, 5) is 0. The monoisotopic (exact) mass is 214 g/mol. The van der Waals surface area contributed by atoms with Gasteiger partial charge in [0, 0.05) is 0 Å². The van der Waals surface area contributed by atoms with E-state index < -0.39 is 0 Å². The molecule has 2 nitrogen and oxygen atoms in total. The molecule has 0 spiro atoms. The van der Waals surface area contributed by atoms with Crippen LogP contribution in [0.3, 0.4) is 0 Å². The first-order chi connectivity index (χ1) is 7.72. The first-order valence-electron chi connectivity index (χ1n) is 4.88. The van der Waals surface area contributed by atoms with Crippen molar-refractivity contribution in [3.8, 4) is 11.5 Å². The fraction of sp³-hybridized carbons (Fsp3) is 0. The van der Waals surface area contributed by atoms with Gasteiger partial charge in [-0.25, -0.2) is 0 Å². The van der Waals surface area contributed by atoms with Crippen molar-refractivity contribution in [3.05, 3.63) is 66.7 Å². The van der Waals surface area contributed by atoms with E-state index in [-0.39, 0.29) is 11.5 Å². The Balaban J connectivity index is 0.000000160. The number of phenols is 2. The third-order valence-electron chi connectivity index (χ3n) is 1.88. The van der Waals surface area contributed by atoms with Crippen LogP contribution in [0.15, 0.2) is 61.2 Å². The first-order valence-corrected chi connectivity index (χ1v) is 4.88. The minimum absolute atomic E-state index is 0.169. The highest BCUT2D eigenvalue weighted by Crippen LogP contribution is 2.13. The Morgan fingerprint density at radius 1 is 0.750 bits per heavy atom. The van der Waals surface area contributed by atoms with Gasteiger partial charge in [-0.1, -0.05) is 43.0 Å². The van der Waals surface area contributed by atoms with Crippen LogP contribution in [-0.2, 0) is 0 Å². The summed E-state index contributed by atoms with van der Waals surface area (Å²) in [5, 5.41) is 17.3. The van der Waals surface area contributed by atoms with Crippen molar-refractivity contribution in [1.29, 1.82) is 0 Å². The number of phenolic OH excluding ortho intramolecular Hbond substituents is 2. The maximum atomic E-state index is 8.65. The Labute approximate surface area is 95.1 Å². The Kier molecular flexibility index (Phi) is 4.67. The van der Waals surface area contributed by atoms with Gasteiger partial charge >= 0.3 is 0 Å². The minimum atomic E-state index is 0.169. The topological polar surface area (TPSA) is 40.5 Å². The summed E-state index contributed by atoms with van der Waals surface area (Å²) in [7, 11) is 0. The lowest BCUT2D eigenvalue weighted by Gasteiger charge is -1.88. The van der Waals surface area contributed by atoms with Gasteiger partial charge in [0.2, 0.25) is 0 Å². The van der Waals surface area contributed by atoms with E-state index in [0.29, 0.717) is 0 Å². The molecule has 0 fully saturated rings. The Morgan fingerprint density at radius 3 is 1.50 bits per heavy atom. The summed E-state index contributed by atoms with van der Waals surface area (Å²) in [5.41, 5.74) is 1.17. The fourth-order valence-corrected chi connectivity index (χ4v) is 1.04. The summed E-state index contributed by atoms with van der Waals surface area (Å²) in [6.45, 7) is 3.63. The number of benzene rings is 2. The average molecular weight is 214 g/mol. The molecule has 0 bridgehead atoms. The summed E-state index contributed by atoms with van der Waals surface area (Å²) in [6.07, 6.45) is 1.83. The molecule has 0 aliphatic carbocycles. The second kappa shape index (κ2) is 6.30. The van der Waals surface area contributed by atoms with Crippen LogP contribution >= 0.6 is 0 Å². The molecular weight excluding hydrogens is 200 g/mol. The molecule has 0 radical (unpaired) electrons. The van der Waals surface area contributed by atoms with Crippen LogP contribution in [0, 0.1) is 0 Å². The zero-order chi connectivity index (χ0) is 11.8. The van der Waals surface area contributed by atoms with Crippen molar-refractivity contribution >= 4 is 6.08 Å². The van der Waals surface area contributed by atoms with E-state index in [1.165, 1.54) is 29.8 Å². The molecule has 2 N–H and O–H groups in total.